The van der Waals surface area contributed by atoms with E-state index in [1.807, 2.05) is 30.3 Å². The van der Waals surface area contributed by atoms with Gasteiger partial charge in [-0.25, -0.2) is 4.99 Å². The lowest BCUT2D eigenvalue weighted by Crippen LogP contribution is -2.23. The van der Waals surface area contributed by atoms with Crippen molar-refractivity contribution in [1.29, 1.82) is 0 Å². The summed E-state index contributed by atoms with van der Waals surface area (Å²) in [6.07, 6.45) is 9.80. The molecule has 0 unspecified atom stereocenters. The third-order valence-corrected chi connectivity index (χ3v) is 3.12. The molecule has 3 rings (SSSR count). The number of carbonyl (C=O) groups is 1. The lowest BCUT2D eigenvalue weighted by Gasteiger charge is -2.10. The van der Waals surface area contributed by atoms with E-state index in [1.54, 1.807) is 6.08 Å². The van der Waals surface area contributed by atoms with Crippen molar-refractivity contribution in [3.63, 3.8) is 0 Å². The van der Waals surface area contributed by atoms with E-state index in [0.717, 1.165) is 29.7 Å². The second-order valence-corrected chi connectivity index (χ2v) is 4.48. The van der Waals surface area contributed by atoms with Crippen LogP contribution < -0.4 is 5.32 Å². The first kappa shape index (κ1) is 11.7. The van der Waals surface area contributed by atoms with Crippen LogP contribution >= 0.6 is 0 Å². The van der Waals surface area contributed by atoms with E-state index in [1.165, 1.54) is 0 Å². The van der Waals surface area contributed by atoms with E-state index in [2.05, 4.69) is 28.5 Å². The van der Waals surface area contributed by atoms with Crippen molar-refractivity contribution in [1.82, 2.24) is 5.32 Å². The van der Waals surface area contributed by atoms with Crippen LogP contribution in [0.1, 0.15) is 12.8 Å². The SMILES string of the molecule is O=C1C=C(C2=CCC=CC2)C(=Nc2ccccc2)N1. The predicted molar refractivity (Wildman–Crippen MR) is 76.2 cm³/mol. The second kappa shape index (κ2) is 5.06. The van der Waals surface area contributed by atoms with Crippen LogP contribution in [0.15, 0.2) is 70.8 Å². The van der Waals surface area contributed by atoms with Crippen molar-refractivity contribution in [2.45, 2.75) is 12.8 Å². The van der Waals surface area contributed by atoms with Gasteiger partial charge < -0.3 is 5.32 Å². The van der Waals surface area contributed by atoms with Crippen LogP contribution in [0.2, 0.25) is 0 Å². The monoisotopic (exact) mass is 250 g/mol. The number of nitrogens with zero attached hydrogens (tertiary/aromatic N) is 1. The van der Waals surface area contributed by atoms with Gasteiger partial charge in [-0.1, -0.05) is 36.4 Å². The van der Waals surface area contributed by atoms with Crippen molar-refractivity contribution >= 4 is 17.4 Å². The minimum absolute atomic E-state index is 0.0971. The van der Waals surface area contributed by atoms with Gasteiger partial charge in [-0.2, -0.15) is 0 Å². The first-order valence-corrected chi connectivity index (χ1v) is 6.34. The number of para-hydroxylation sites is 1. The van der Waals surface area contributed by atoms with Gasteiger partial charge in [0.1, 0.15) is 5.84 Å². The molecule has 1 aromatic carbocycles. The number of hydrogen-bond acceptors (Lipinski definition) is 2. The largest absolute Gasteiger partial charge is 0.307 e. The molecule has 0 fully saturated rings. The van der Waals surface area contributed by atoms with Gasteiger partial charge >= 0.3 is 0 Å². The smallest absolute Gasteiger partial charge is 0.250 e. The molecule has 1 aliphatic carbocycles. The number of nitrogens with one attached hydrogen (secondary N) is 1. The van der Waals surface area contributed by atoms with Crippen molar-refractivity contribution in [3.8, 4) is 0 Å². The van der Waals surface area contributed by atoms with E-state index >= 15 is 0 Å². The van der Waals surface area contributed by atoms with Crippen LogP contribution in [0.4, 0.5) is 5.69 Å². The quantitative estimate of drug-likeness (QED) is 0.805. The lowest BCUT2D eigenvalue weighted by atomic mass is 9.98. The highest BCUT2D eigenvalue weighted by Gasteiger charge is 2.22. The molecule has 1 aliphatic heterocycles. The topological polar surface area (TPSA) is 41.5 Å². The molecule has 0 radical (unpaired) electrons. The van der Waals surface area contributed by atoms with Crippen LogP contribution in [0.25, 0.3) is 0 Å². The third-order valence-electron chi connectivity index (χ3n) is 3.12. The van der Waals surface area contributed by atoms with E-state index in [9.17, 15) is 4.79 Å². The predicted octanol–water partition coefficient (Wildman–Crippen LogP) is 3.05. The van der Waals surface area contributed by atoms with Crippen LogP contribution in [-0.2, 0) is 4.79 Å². The first-order chi connectivity index (χ1) is 9.33. The van der Waals surface area contributed by atoms with Gasteiger partial charge in [0.05, 0.1) is 5.69 Å². The highest BCUT2D eigenvalue weighted by molar-refractivity contribution is 6.21. The Balaban J connectivity index is 1.93. The zero-order valence-corrected chi connectivity index (χ0v) is 10.5. The zero-order valence-electron chi connectivity index (χ0n) is 10.5. The van der Waals surface area contributed by atoms with Gasteiger partial charge in [0.15, 0.2) is 0 Å². The molecule has 0 aromatic heterocycles. The summed E-state index contributed by atoms with van der Waals surface area (Å²) in [6, 6.07) is 9.65. The van der Waals surface area contributed by atoms with E-state index < -0.39 is 0 Å². The van der Waals surface area contributed by atoms with Gasteiger partial charge in [-0.05, 0) is 30.5 Å². The summed E-state index contributed by atoms with van der Waals surface area (Å²) in [5.41, 5.74) is 2.92. The van der Waals surface area contributed by atoms with E-state index in [4.69, 9.17) is 0 Å². The molecule has 0 bridgehead atoms. The Hall–Kier alpha value is -2.42. The summed E-state index contributed by atoms with van der Waals surface area (Å²) < 4.78 is 0. The molecular weight excluding hydrogens is 236 g/mol. The maximum atomic E-state index is 11.6. The van der Waals surface area contributed by atoms with Crippen LogP contribution in [-0.4, -0.2) is 11.7 Å². The molecule has 2 aliphatic rings. The first-order valence-electron chi connectivity index (χ1n) is 6.34. The summed E-state index contributed by atoms with van der Waals surface area (Å²) in [7, 11) is 0. The number of carbonyl (C=O) groups excluding carboxylic acids is 1. The second-order valence-electron chi connectivity index (χ2n) is 4.48. The normalized spacial score (nSPS) is 20.2. The summed E-state index contributed by atoms with van der Waals surface area (Å²) in [4.78, 5) is 16.1. The molecule has 0 spiro atoms. The third kappa shape index (κ3) is 2.55. The fraction of sp³-hybridized carbons (Fsp3) is 0.125. The molecule has 19 heavy (non-hydrogen) atoms. The summed E-state index contributed by atoms with van der Waals surface area (Å²) in [5, 5.41) is 2.80. The Morgan fingerprint density at radius 1 is 1.11 bits per heavy atom. The van der Waals surface area contributed by atoms with Crippen molar-refractivity contribution in [3.05, 3.63) is 65.8 Å². The fourth-order valence-electron chi connectivity index (χ4n) is 2.20. The Morgan fingerprint density at radius 2 is 1.95 bits per heavy atom. The number of amides is 1. The van der Waals surface area contributed by atoms with Gasteiger partial charge in [0.25, 0.3) is 0 Å². The Morgan fingerprint density at radius 3 is 2.68 bits per heavy atom. The molecule has 1 N–H and O–H groups in total. The van der Waals surface area contributed by atoms with Gasteiger partial charge in [0, 0.05) is 11.6 Å². The highest BCUT2D eigenvalue weighted by atomic mass is 16.1. The molecule has 3 nitrogen and oxygen atoms in total. The Bertz CT molecular complexity index is 621. The standard InChI is InChI=1S/C16H14N2O/c19-15-11-14(12-7-3-1-4-8-12)16(18-15)17-13-9-5-2-6-10-13/h1-3,5-6,8-11H,4,7H2,(H,17,18,19). The maximum absolute atomic E-state index is 11.6. The Kier molecular flexibility index (Phi) is 3.11. The number of amidine groups is 1. The number of hydrogen-bond donors (Lipinski definition) is 1. The molecule has 1 amide bonds. The molecule has 0 saturated heterocycles. The van der Waals surface area contributed by atoms with Gasteiger partial charge in [-0.15, -0.1) is 0 Å². The molecular formula is C16H14N2O. The average molecular weight is 250 g/mol. The van der Waals surface area contributed by atoms with E-state index in [0.29, 0.717) is 5.84 Å². The van der Waals surface area contributed by atoms with Crippen LogP contribution in [0, 0.1) is 0 Å². The number of aliphatic imine (C=N–C) groups is 1. The van der Waals surface area contributed by atoms with Gasteiger partial charge in [-0.3, -0.25) is 4.79 Å². The van der Waals surface area contributed by atoms with Crippen LogP contribution in [0.5, 0.6) is 0 Å². The molecule has 94 valence electrons. The Labute approximate surface area is 112 Å². The lowest BCUT2D eigenvalue weighted by molar-refractivity contribution is -0.114. The molecule has 0 atom stereocenters. The summed E-state index contributed by atoms with van der Waals surface area (Å²) in [5.74, 6) is 0.554. The maximum Gasteiger partial charge on any atom is 0.250 e. The van der Waals surface area contributed by atoms with Crippen molar-refractivity contribution in [2.75, 3.05) is 0 Å². The molecule has 3 heteroatoms. The zero-order chi connectivity index (χ0) is 13.1. The number of allylic oxidation sites excluding steroid dienone is 3. The molecule has 1 heterocycles. The average Bonchev–Trinajstić information content (AvgIpc) is 2.82. The number of benzene rings is 1. The minimum Gasteiger partial charge on any atom is -0.307 e. The van der Waals surface area contributed by atoms with Crippen molar-refractivity contribution < 1.29 is 4.79 Å². The fourth-order valence-corrected chi connectivity index (χ4v) is 2.20. The summed E-state index contributed by atoms with van der Waals surface area (Å²) >= 11 is 0. The number of rotatable bonds is 2. The minimum atomic E-state index is -0.0971. The molecule has 1 aromatic rings. The van der Waals surface area contributed by atoms with Crippen LogP contribution in [0.3, 0.4) is 0 Å². The summed E-state index contributed by atoms with van der Waals surface area (Å²) in [6.45, 7) is 0. The van der Waals surface area contributed by atoms with Gasteiger partial charge in [0.2, 0.25) is 5.91 Å². The molecule has 0 saturated carbocycles. The highest BCUT2D eigenvalue weighted by Crippen LogP contribution is 2.24. The van der Waals surface area contributed by atoms with E-state index in [-0.39, 0.29) is 5.91 Å². The van der Waals surface area contributed by atoms with Crippen molar-refractivity contribution in [2.24, 2.45) is 4.99 Å².